The molecule has 0 atom stereocenters. The maximum atomic E-state index is 14.9. The molecule has 0 aliphatic carbocycles. The van der Waals surface area contributed by atoms with Gasteiger partial charge in [-0.15, -0.1) is 0 Å². The zero-order chi connectivity index (χ0) is 30.6. The van der Waals surface area contributed by atoms with Crippen LogP contribution in [0.15, 0.2) is 59.5 Å². The summed E-state index contributed by atoms with van der Waals surface area (Å²) in [6.07, 6.45) is -3.73. The standard InChI is InChI=1S/C29H31F6NO4S/c1-28(2,20-8-10-21(30)11-9-20)18-36(16-19-6-4-7-24(27(19)32)29(33,34)35)12-5-13-40-22-14-25(31)23(17-37)26(15-22)41(3,38)39/h4,6-11,14-15,37H,5,12-13,16-18H2,1-3H3. The Balaban J connectivity index is 1.81. The van der Waals surface area contributed by atoms with Gasteiger partial charge in [0.1, 0.15) is 23.2 Å². The van der Waals surface area contributed by atoms with Crippen molar-refractivity contribution in [1.82, 2.24) is 4.90 Å². The van der Waals surface area contributed by atoms with Crippen molar-refractivity contribution in [3.05, 3.63) is 94.3 Å². The summed E-state index contributed by atoms with van der Waals surface area (Å²) in [5.41, 5.74) is -1.75. The second-order valence-electron chi connectivity index (χ2n) is 10.4. The highest BCUT2D eigenvalue weighted by Gasteiger charge is 2.35. The van der Waals surface area contributed by atoms with Gasteiger partial charge in [0.25, 0.3) is 0 Å². The second kappa shape index (κ2) is 12.8. The molecule has 5 nitrogen and oxygen atoms in total. The van der Waals surface area contributed by atoms with Gasteiger partial charge in [-0.2, -0.15) is 13.2 Å². The quantitative estimate of drug-likeness (QED) is 0.195. The molecule has 0 unspecified atom stereocenters. The Bertz CT molecular complexity index is 1460. The summed E-state index contributed by atoms with van der Waals surface area (Å²) in [7, 11) is -3.86. The molecule has 3 aromatic carbocycles. The van der Waals surface area contributed by atoms with Crippen LogP contribution >= 0.6 is 0 Å². The van der Waals surface area contributed by atoms with E-state index in [9.17, 15) is 39.9 Å². The number of halogens is 6. The Hall–Kier alpha value is -3.09. The van der Waals surface area contributed by atoms with Gasteiger partial charge in [-0.05, 0) is 36.2 Å². The minimum Gasteiger partial charge on any atom is -0.493 e. The van der Waals surface area contributed by atoms with E-state index in [1.165, 1.54) is 18.2 Å². The molecule has 0 aliphatic rings. The monoisotopic (exact) mass is 603 g/mol. The van der Waals surface area contributed by atoms with Crippen LogP contribution in [-0.2, 0) is 34.6 Å². The largest absolute Gasteiger partial charge is 0.493 e. The lowest BCUT2D eigenvalue weighted by atomic mass is 9.84. The van der Waals surface area contributed by atoms with E-state index in [1.807, 2.05) is 13.8 Å². The molecule has 41 heavy (non-hydrogen) atoms. The molecule has 0 fully saturated rings. The number of aliphatic hydroxyl groups is 1. The molecule has 224 valence electrons. The summed E-state index contributed by atoms with van der Waals surface area (Å²) in [5.74, 6) is -2.82. The molecule has 0 amide bonds. The first-order chi connectivity index (χ1) is 19.0. The van der Waals surface area contributed by atoms with Crippen molar-refractivity contribution in [2.24, 2.45) is 0 Å². The van der Waals surface area contributed by atoms with E-state index in [0.717, 1.165) is 30.0 Å². The first-order valence-corrected chi connectivity index (χ1v) is 14.5. The normalized spacial score (nSPS) is 12.7. The van der Waals surface area contributed by atoms with Gasteiger partial charge in [0.05, 0.1) is 23.7 Å². The van der Waals surface area contributed by atoms with E-state index in [1.54, 1.807) is 17.0 Å². The third-order valence-electron chi connectivity index (χ3n) is 6.60. The van der Waals surface area contributed by atoms with E-state index in [0.29, 0.717) is 6.07 Å². The number of nitrogens with zero attached hydrogens (tertiary/aromatic N) is 1. The number of hydrogen-bond acceptors (Lipinski definition) is 5. The van der Waals surface area contributed by atoms with Gasteiger partial charge in [-0.1, -0.05) is 38.1 Å². The van der Waals surface area contributed by atoms with Gasteiger partial charge >= 0.3 is 6.18 Å². The Morgan fingerprint density at radius 3 is 2.22 bits per heavy atom. The molecule has 0 aromatic heterocycles. The highest BCUT2D eigenvalue weighted by molar-refractivity contribution is 7.90. The molecule has 0 saturated carbocycles. The van der Waals surface area contributed by atoms with Crippen molar-refractivity contribution in [1.29, 1.82) is 0 Å². The Kier molecular flexibility index (Phi) is 10.1. The molecule has 12 heteroatoms. The van der Waals surface area contributed by atoms with Gasteiger partial charge < -0.3 is 9.84 Å². The number of benzene rings is 3. The summed E-state index contributed by atoms with van der Waals surface area (Å²) in [6.45, 7) is 3.19. The predicted octanol–water partition coefficient (Wildman–Crippen LogP) is 6.27. The van der Waals surface area contributed by atoms with Crippen molar-refractivity contribution >= 4 is 9.84 Å². The number of aliphatic hydroxyl groups excluding tert-OH is 1. The van der Waals surface area contributed by atoms with E-state index < -0.39 is 55.9 Å². The smallest absolute Gasteiger partial charge is 0.419 e. The molecule has 1 N–H and O–H groups in total. The van der Waals surface area contributed by atoms with Crippen LogP contribution in [0.25, 0.3) is 0 Å². The minimum absolute atomic E-state index is 0.0281. The summed E-state index contributed by atoms with van der Waals surface area (Å²) in [5, 5.41) is 9.36. The fourth-order valence-corrected chi connectivity index (χ4v) is 5.50. The second-order valence-corrected chi connectivity index (χ2v) is 12.4. The van der Waals surface area contributed by atoms with Crippen molar-refractivity contribution in [3.63, 3.8) is 0 Å². The summed E-state index contributed by atoms with van der Waals surface area (Å²) in [6, 6.07) is 10.9. The Morgan fingerprint density at radius 1 is 0.976 bits per heavy atom. The van der Waals surface area contributed by atoms with Crippen molar-refractivity contribution in [2.45, 2.75) is 49.9 Å². The molecule has 0 spiro atoms. The van der Waals surface area contributed by atoms with Crippen molar-refractivity contribution in [2.75, 3.05) is 26.0 Å². The molecule has 3 aromatic rings. The third-order valence-corrected chi connectivity index (χ3v) is 7.76. The molecule has 3 rings (SSSR count). The van der Waals surface area contributed by atoms with Gasteiger partial charge in [0.2, 0.25) is 0 Å². The zero-order valence-corrected chi connectivity index (χ0v) is 23.6. The average Bonchev–Trinajstić information content (AvgIpc) is 2.86. The van der Waals surface area contributed by atoms with Crippen LogP contribution in [-0.4, -0.2) is 44.4 Å². The molecule has 0 heterocycles. The average molecular weight is 604 g/mol. The Morgan fingerprint density at radius 2 is 1.63 bits per heavy atom. The summed E-state index contributed by atoms with van der Waals surface area (Å²) < 4.78 is 112. The molecular weight excluding hydrogens is 572 g/mol. The van der Waals surface area contributed by atoms with Gasteiger partial charge in [-0.3, -0.25) is 4.90 Å². The summed E-state index contributed by atoms with van der Waals surface area (Å²) in [4.78, 5) is 1.33. The predicted molar refractivity (Wildman–Crippen MR) is 142 cm³/mol. The first-order valence-electron chi connectivity index (χ1n) is 12.6. The topological polar surface area (TPSA) is 66.8 Å². The van der Waals surface area contributed by atoms with Crippen LogP contribution in [0.4, 0.5) is 26.3 Å². The number of sulfone groups is 1. The van der Waals surface area contributed by atoms with Crippen LogP contribution in [0.3, 0.4) is 0 Å². The number of rotatable bonds is 12. The molecule has 0 aliphatic heterocycles. The van der Waals surface area contributed by atoms with Crippen LogP contribution < -0.4 is 4.74 Å². The highest BCUT2D eigenvalue weighted by Crippen LogP contribution is 2.33. The minimum atomic E-state index is -4.86. The maximum absolute atomic E-state index is 14.9. The molecule has 0 radical (unpaired) electrons. The maximum Gasteiger partial charge on any atom is 0.419 e. The fourth-order valence-electron chi connectivity index (χ4n) is 4.56. The lowest BCUT2D eigenvalue weighted by Crippen LogP contribution is -2.38. The molecule has 0 saturated heterocycles. The zero-order valence-electron chi connectivity index (χ0n) is 22.7. The van der Waals surface area contributed by atoms with E-state index in [-0.39, 0.29) is 49.5 Å². The Labute approximate surface area is 235 Å². The third kappa shape index (κ3) is 8.46. The van der Waals surface area contributed by atoms with Crippen molar-refractivity contribution in [3.8, 4) is 5.75 Å². The van der Waals surface area contributed by atoms with E-state index in [2.05, 4.69) is 0 Å². The van der Waals surface area contributed by atoms with Crippen LogP contribution in [0.2, 0.25) is 0 Å². The fraction of sp³-hybridized carbons (Fsp3) is 0.379. The SMILES string of the molecule is CC(C)(CN(CCCOc1cc(F)c(CO)c(S(C)(=O)=O)c1)Cc1cccc(C(F)(F)F)c1F)c1ccc(F)cc1. The number of ether oxygens (including phenoxy) is 1. The van der Waals surface area contributed by atoms with Crippen LogP contribution in [0, 0.1) is 17.5 Å². The summed E-state index contributed by atoms with van der Waals surface area (Å²) >= 11 is 0. The van der Waals surface area contributed by atoms with Crippen molar-refractivity contribution < 1.29 is 44.6 Å². The lowest BCUT2D eigenvalue weighted by molar-refractivity contribution is -0.140. The lowest BCUT2D eigenvalue weighted by Gasteiger charge is -2.33. The number of alkyl halides is 3. The molecular formula is C29H31F6NO4S. The first kappa shape index (κ1) is 32.4. The highest BCUT2D eigenvalue weighted by atomic mass is 32.2. The van der Waals surface area contributed by atoms with Gasteiger partial charge in [-0.25, -0.2) is 21.6 Å². The van der Waals surface area contributed by atoms with Gasteiger partial charge in [0, 0.05) is 48.5 Å². The number of hydrogen-bond donors (Lipinski definition) is 1. The van der Waals surface area contributed by atoms with E-state index >= 15 is 0 Å². The van der Waals surface area contributed by atoms with Crippen LogP contribution in [0.1, 0.15) is 42.5 Å². The molecule has 0 bridgehead atoms. The van der Waals surface area contributed by atoms with E-state index in [4.69, 9.17) is 4.74 Å². The van der Waals surface area contributed by atoms with Gasteiger partial charge in [0.15, 0.2) is 9.84 Å². The van der Waals surface area contributed by atoms with Crippen LogP contribution in [0.5, 0.6) is 5.75 Å².